The molecule has 1 aliphatic rings. The molecular weight excluding hydrogens is 368 g/mol. The van der Waals surface area contributed by atoms with Crippen molar-refractivity contribution in [1.29, 1.82) is 0 Å². The zero-order chi connectivity index (χ0) is 20.2. The van der Waals surface area contributed by atoms with E-state index in [-0.39, 0.29) is 34.7 Å². The van der Waals surface area contributed by atoms with Gasteiger partial charge in [-0.3, -0.25) is 24.6 Å². The van der Waals surface area contributed by atoms with E-state index >= 15 is 0 Å². The first-order chi connectivity index (χ1) is 13.3. The first-order valence-electron chi connectivity index (χ1n) is 8.18. The van der Waals surface area contributed by atoms with E-state index < -0.39 is 22.4 Å². The Labute approximate surface area is 156 Å². The number of fused-ring (bicyclic) bond motifs is 2. The number of hydrogen-bond acceptors (Lipinski definition) is 7. The summed E-state index contributed by atoms with van der Waals surface area (Å²) in [5, 5.41) is 21.2. The highest BCUT2D eigenvalue weighted by molar-refractivity contribution is 6.21. The number of aromatic hydroxyl groups is 1. The van der Waals surface area contributed by atoms with Crippen molar-refractivity contribution < 1.29 is 24.0 Å². The summed E-state index contributed by atoms with van der Waals surface area (Å²) in [4.78, 5) is 48.4. The van der Waals surface area contributed by atoms with Crippen LogP contribution in [0.2, 0.25) is 0 Å². The van der Waals surface area contributed by atoms with Crippen molar-refractivity contribution in [2.45, 2.75) is 13.5 Å². The molecule has 0 atom stereocenters. The molecule has 2 heterocycles. The van der Waals surface area contributed by atoms with Gasteiger partial charge < -0.3 is 9.52 Å². The zero-order valence-electron chi connectivity index (χ0n) is 14.5. The van der Waals surface area contributed by atoms with Crippen LogP contribution in [-0.4, -0.2) is 26.7 Å². The number of rotatable bonds is 3. The van der Waals surface area contributed by atoms with Crippen LogP contribution in [0.3, 0.4) is 0 Å². The Morgan fingerprint density at radius 1 is 1.07 bits per heavy atom. The second kappa shape index (κ2) is 6.02. The molecule has 2 aromatic carbocycles. The van der Waals surface area contributed by atoms with Crippen molar-refractivity contribution in [2.24, 2.45) is 0 Å². The second-order valence-corrected chi connectivity index (χ2v) is 6.36. The fourth-order valence-electron chi connectivity index (χ4n) is 3.25. The van der Waals surface area contributed by atoms with Gasteiger partial charge in [-0.15, -0.1) is 0 Å². The Kier molecular flexibility index (Phi) is 3.74. The Bertz CT molecular complexity index is 1260. The third-order valence-corrected chi connectivity index (χ3v) is 4.71. The molecule has 0 radical (unpaired) electrons. The first kappa shape index (κ1) is 17.4. The van der Waals surface area contributed by atoms with Crippen LogP contribution in [0.1, 0.15) is 31.8 Å². The molecule has 1 N–H and O–H groups in total. The number of carbonyl (C=O) groups excluding carboxylic acids is 2. The number of carbonyl (C=O) groups is 2. The number of non-ortho nitro benzene ring substituents is 1. The first-order valence-corrected chi connectivity index (χ1v) is 8.18. The molecule has 0 unspecified atom stereocenters. The fraction of sp³-hybridized carbons (Fsp3) is 0.105. The van der Waals surface area contributed by atoms with E-state index in [0.717, 1.165) is 17.0 Å². The topological polar surface area (TPSA) is 131 Å². The van der Waals surface area contributed by atoms with Crippen molar-refractivity contribution >= 4 is 28.5 Å². The van der Waals surface area contributed by atoms with Gasteiger partial charge in [0.15, 0.2) is 0 Å². The standard InChI is InChI=1S/C19H12N2O7/c1-9-15(22)5-4-12-10(6-16(23)28-17(9)12)8-20-18(24)13-3-2-11(21(26)27)7-14(13)19(20)25/h2-7,22H,8H2,1H3. The van der Waals surface area contributed by atoms with Crippen LogP contribution in [0.4, 0.5) is 5.69 Å². The van der Waals surface area contributed by atoms with E-state index in [4.69, 9.17) is 4.42 Å². The van der Waals surface area contributed by atoms with Crippen molar-refractivity contribution in [3.8, 4) is 5.75 Å². The number of nitrogens with zero attached hydrogens (tertiary/aromatic N) is 2. The quantitative estimate of drug-likeness (QED) is 0.320. The molecule has 0 spiro atoms. The molecule has 0 saturated heterocycles. The number of hydrogen-bond donors (Lipinski definition) is 1. The van der Waals surface area contributed by atoms with Crippen LogP contribution in [0.5, 0.6) is 5.75 Å². The summed E-state index contributed by atoms with van der Waals surface area (Å²) in [6.07, 6.45) is 0. The molecule has 9 heteroatoms. The number of phenols is 1. The van der Waals surface area contributed by atoms with Crippen LogP contribution in [0.25, 0.3) is 11.0 Å². The van der Waals surface area contributed by atoms with E-state index in [1.165, 1.54) is 24.3 Å². The SMILES string of the molecule is Cc1c(O)ccc2c(CN3C(=O)c4ccc([N+](=O)[O-])cc4C3=O)cc(=O)oc12. The third kappa shape index (κ3) is 2.52. The van der Waals surface area contributed by atoms with E-state index in [9.17, 15) is 29.6 Å². The molecule has 28 heavy (non-hydrogen) atoms. The minimum Gasteiger partial charge on any atom is -0.508 e. The molecule has 2 amide bonds. The van der Waals surface area contributed by atoms with Crippen LogP contribution in [0.15, 0.2) is 45.6 Å². The summed E-state index contributed by atoms with van der Waals surface area (Å²) >= 11 is 0. The maximum absolute atomic E-state index is 12.7. The van der Waals surface area contributed by atoms with Gasteiger partial charge >= 0.3 is 5.63 Å². The van der Waals surface area contributed by atoms with Gasteiger partial charge in [-0.2, -0.15) is 0 Å². The number of phenolic OH excluding ortho intramolecular Hbond substituents is 1. The van der Waals surface area contributed by atoms with Gasteiger partial charge in [0.2, 0.25) is 0 Å². The molecule has 9 nitrogen and oxygen atoms in total. The Hall–Kier alpha value is -4.01. The average Bonchev–Trinajstić information content (AvgIpc) is 2.89. The lowest BCUT2D eigenvalue weighted by molar-refractivity contribution is -0.384. The predicted octanol–water partition coefficient (Wildman–Crippen LogP) is 2.51. The molecule has 4 rings (SSSR count). The number of amides is 2. The van der Waals surface area contributed by atoms with Crippen LogP contribution in [0, 0.1) is 17.0 Å². The number of nitro groups is 1. The number of imide groups is 1. The maximum atomic E-state index is 12.7. The number of aryl methyl sites for hydroxylation is 1. The Balaban J connectivity index is 1.79. The molecule has 1 aromatic heterocycles. The van der Waals surface area contributed by atoms with Crippen LogP contribution < -0.4 is 5.63 Å². The van der Waals surface area contributed by atoms with Gasteiger partial charge in [0.1, 0.15) is 11.3 Å². The maximum Gasteiger partial charge on any atom is 0.336 e. The zero-order valence-corrected chi connectivity index (χ0v) is 14.5. The van der Waals surface area contributed by atoms with Gasteiger partial charge in [-0.05, 0) is 30.7 Å². The lowest BCUT2D eigenvalue weighted by Crippen LogP contribution is -2.29. The van der Waals surface area contributed by atoms with Crippen molar-refractivity contribution in [3.63, 3.8) is 0 Å². The van der Waals surface area contributed by atoms with E-state index in [1.54, 1.807) is 6.92 Å². The molecule has 3 aromatic rings. The van der Waals surface area contributed by atoms with Crippen LogP contribution >= 0.6 is 0 Å². The number of benzene rings is 2. The monoisotopic (exact) mass is 380 g/mol. The third-order valence-electron chi connectivity index (χ3n) is 4.71. The minimum atomic E-state index is -0.691. The van der Waals surface area contributed by atoms with Gasteiger partial charge in [-0.1, -0.05) is 0 Å². The highest BCUT2D eigenvalue weighted by Crippen LogP contribution is 2.31. The molecule has 0 saturated carbocycles. The van der Waals surface area contributed by atoms with E-state index in [1.807, 2.05) is 0 Å². The summed E-state index contributed by atoms with van der Waals surface area (Å²) in [7, 11) is 0. The highest BCUT2D eigenvalue weighted by Gasteiger charge is 2.37. The lowest BCUT2D eigenvalue weighted by atomic mass is 10.1. The molecule has 0 aliphatic carbocycles. The average molecular weight is 380 g/mol. The summed E-state index contributed by atoms with van der Waals surface area (Å²) in [5.41, 5.74) is -0.0957. The van der Waals surface area contributed by atoms with Gasteiger partial charge in [0.25, 0.3) is 17.5 Å². The van der Waals surface area contributed by atoms with Gasteiger partial charge in [0, 0.05) is 29.1 Å². The van der Waals surface area contributed by atoms with Crippen LogP contribution in [-0.2, 0) is 6.54 Å². The minimum absolute atomic E-state index is 0.0548. The smallest absolute Gasteiger partial charge is 0.336 e. The summed E-state index contributed by atoms with van der Waals surface area (Å²) in [6, 6.07) is 7.59. The van der Waals surface area contributed by atoms with Crippen molar-refractivity contribution in [1.82, 2.24) is 4.90 Å². The molecule has 140 valence electrons. The van der Waals surface area contributed by atoms with Gasteiger partial charge in [-0.25, -0.2) is 4.79 Å². The Morgan fingerprint density at radius 2 is 1.79 bits per heavy atom. The fourth-order valence-corrected chi connectivity index (χ4v) is 3.25. The molecule has 1 aliphatic heterocycles. The van der Waals surface area contributed by atoms with E-state index in [2.05, 4.69) is 0 Å². The molecule has 0 fully saturated rings. The Morgan fingerprint density at radius 3 is 2.50 bits per heavy atom. The largest absolute Gasteiger partial charge is 0.508 e. The normalized spacial score (nSPS) is 13.2. The summed E-state index contributed by atoms with van der Waals surface area (Å²) < 4.78 is 5.16. The van der Waals surface area contributed by atoms with Gasteiger partial charge in [0.05, 0.1) is 22.6 Å². The van der Waals surface area contributed by atoms with Crippen molar-refractivity contribution in [3.05, 3.63) is 79.2 Å². The lowest BCUT2D eigenvalue weighted by Gasteiger charge is -2.15. The summed E-state index contributed by atoms with van der Waals surface area (Å²) in [5.74, 6) is -1.34. The highest BCUT2D eigenvalue weighted by atomic mass is 16.6. The molecular formula is C19H12N2O7. The molecule has 0 bridgehead atoms. The van der Waals surface area contributed by atoms with Crippen molar-refractivity contribution in [2.75, 3.05) is 0 Å². The van der Waals surface area contributed by atoms with E-state index in [0.29, 0.717) is 16.5 Å². The predicted molar refractivity (Wildman–Crippen MR) is 96.2 cm³/mol. The summed E-state index contributed by atoms with van der Waals surface area (Å²) in [6.45, 7) is 1.36. The number of nitro benzene ring substituents is 1. The second-order valence-electron chi connectivity index (χ2n) is 6.36.